The van der Waals surface area contributed by atoms with Crippen molar-refractivity contribution >= 4 is 26.0 Å². The molecule has 1 aromatic rings. The topological polar surface area (TPSA) is 46.2 Å². The lowest BCUT2D eigenvalue weighted by Crippen LogP contribution is -2.40. The molecule has 0 radical (unpaired) electrons. The van der Waals surface area contributed by atoms with Crippen LogP contribution in [0, 0.1) is 5.92 Å². The molecule has 0 heterocycles. The molecule has 0 amide bonds. The van der Waals surface area contributed by atoms with E-state index in [0.717, 1.165) is 23.7 Å². The summed E-state index contributed by atoms with van der Waals surface area (Å²) < 4.78 is 28.2. The summed E-state index contributed by atoms with van der Waals surface area (Å²) in [6, 6.07) is 6.82. The van der Waals surface area contributed by atoms with Gasteiger partial charge in [-0.3, -0.25) is 0 Å². The third-order valence-electron chi connectivity index (χ3n) is 3.54. The molecule has 1 saturated carbocycles. The minimum Gasteiger partial charge on any atom is -0.208 e. The third-order valence-corrected chi connectivity index (χ3v) is 5.58. The van der Waals surface area contributed by atoms with Crippen molar-refractivity contribution in [1.29, 1.82) is 0 Å². The number of nitrogens with one attached hydrogen (secondary N) is 1. The molecule has 0 aromatic heterocycles. The van der Waals surface area contributed by atoms with E-state index in [1.54, 1.807) is 24.3 Å². The highest BCUT2D eigenvalue weighted by molar-refractivity contribution is 9.10. The Bertz CT molecular complexity index is 498. The lowest BCUT2D eigenvalue weighted by atomic mass is 9.87. The maximum atomic E-state index is 12.2. The van der Waals surface area contributed by atoms with Crippen molar-refractivity contribution in [3.63, 3.8) is 0 Å². The predicted octanol–water partition coefficient (Wildman–Crippen LogP) is 3.31. The van der Waals surface area contributed by atoms with E-state index in [1.165, 1.54) is 6.42 Å². The van der Waals surface area contributed by atoms with Crippen LogP contribution in [-0.4, -0.2) is 14.5 Å². The summed E-state index contributed by atoms with van der Waals surface area (Å²) in [5, 5.41) is 0. The SMILES string of the molecule is CC1CCCCC1NS(=O)(=O)c1ccc(Br)cc1. The lowest BCUT2D eigenvalue weighted by molar-refractivity contribution is 0.310. The maximum absolute atomic E-state index is 12.2. The van der Waals surface area contributed by atoms with Gasteiger partial charge in [0, 0.05) is 10.5 Å². The first kappa shape index (κ1) is 14.0. The van der Waals surface area contributed by atoms with E-state index >= 15 is 0 Å². The van der Waals surface area contributed by atoms with Gasteiger partial charge in [-0.05, 0) is 43.0 Å². The van der Waals surface area contributed by atoms with Crippen molar-refractivity contribution in [2.75, 3.05) is 0 Å². The first-order chi connectivity index (χ1) is 8.49. The Morgan fingerprint density at radius 2 is 1.78 bits per heavy atom. The number of sulfonamides is 1. The number of hydrogen-bond donors (Lipinski definition) is 1. The van der Waals surface area contributed by atoms with Crippen LogP contribution in [0.25, 0.3) is 0 Å². The normalized spacial score (nSPS) is 25.0. The highest BCUT2D eigenvalue weighted by Crippen LogP contribution is 2.25. The van der Waals surface area contributed by atoms with Gasteiger partial charge in [-0.1, -0.05) is 35.7 Å². The Kier molecular flexibility index (Phi) is 4.45. The number of rotatable bonds is 3. The van der Waals surface area contributed by atoms with Crippen molar-refractivity contribution in [2.45, 2.75) is 43.5 Å². The highest BCUT2D eigenvalue weighted by atomic mass is 79.9. The van der Waals surface area contributed by atoms with Crippen LogP contribution in [0.3, 0.4) is 0 Å². The summed E-state index contributed by atoms with van der Waals surface area (Å²) in [6.45, 7) is 2.12. The summed E-state index contributed by atoms with van der Waals surface area (Å²) >= 11 is 3.31. The van der Waals surface area contributed by atoms with E-state index in [2.05, 4.69) is 27.6 Å². The Morgan fingerprint density at radius 3 is 2.39 bits per heavy atom. The second-order valence-electron chi connectivity index (χ2n) is 4.94. The molecule has 2 unspecified atom stereocenters. The standard InChI is InChI=1S/C13H18BrNO2S/c1-10-4-2-3-5-13(10)15-18(16,17)12-8-6-11(14)7-9-12/h6-10,13,15H,2-5H2,1H3. The number of benzene rings is 1. The van der Waals surface area contributed by atoms with Crippen LogP contribution in [0.4, 0.5) is 0 Å². The van der Waals surface area contributed by atoms with Gasteiger partial charge in [0.25, 0.3) is 0 Å². The van der Waals surface area contributed by atoms with E-state index in [0.29, 0.717) is 10.8 Å². The second-order valence-corrected chi connectivity index (χ2v) is 7.57. The third kappa shape index (κ3) is 3.33. The summed E-state index contributed by atoms with van der Waals surface area (Å²) in [4.78, 5) is 0.337. The molecule has 2 rings (SSSR count). The molecule has 3 nitrogen and oxygen atoms in total. The summed E-state index contributed by atoms with van der Waals surface area (Å²) in [6.07, 6.45) is 4.36. The Balaban J connectivity index is 2.13. The van der Waals surface area contributed by atoms with E-state index < -0.39 is 10.0 Å². The molecule has 2 atom stereocenters. The second kappa shape index (κ2) is 5.72. The lowest BCUT2D eigenvalue weighted by Gasteiger charge is -2.29. The van der Waals surface area contributed by atoms with Crippen molar-refractivity contribution in [1.82, 2.24) is 4.72 Å². The van der Waals surface area contributed by atoms with Crippen molar-refractivity contribution < 1.29 is 8.42 Å². The average Bonchev–Trinajstić information content (AvgIpc) is 2.32. The quantitative estimate of drug-likeness (QED) is 0.923. The van der Waals surface area contributed by atoms with Gasteiger partial charge in [0.2, 0.25) is 10.0 Å². The minimum atomic E-state index is -3.38. The molecule has 1 fully saturated rings. The molecule has 1 aliphatic carbocycles. The first-order valence-electron chi connectivity index (χ1n) is 6.27. The molecule has 1 aromatic carbocycles. The van der Waals surface area contributed by atoms with Crippen LogP contribution >= 0.6 is 15.9 Å². The fraction of sp³-hybridized carbons (Fsp3) is 0.538. The van der Waals surface area contributed by atoms with Crippen LogP contribution in [0.2, 0.25) is 0 Å². The van der Waals surface area contributed by atoms with Gasteiger partial charge in [-0.25, -0.2) is 13.1 Å². The van der Waals surface area contributed by atoms with Gasteiger partial charge in [0.05, 0.1) is 4.90 Å². The fourth-order valence-electron chi connectivity index (χ4n) is 2.37. The molecule has 1 N–H and O–H groups in total. The molecule has 5 heteroatoms. The smallest absolute Gasteiger partial charge is 0.208 e. The first-order valence-corrected chi connectivity index (χ1v) is 8.54. The Hall–Kier alpha value is -0.390. The molecule has 18 heavy (non-hydrogen) atoms. The van der Waals surface area contributed by atoms with Crippen molar-refractivity contribution in [2.24, 2.45) is 5.92 Å². The van der Waals surface area contributed by atoms with Gasteiger partial charge in [-0.2, -0.15) is 0 Å². The molecule has 0 bridgehead atoms. The van der Waals surface area contributed by atoms with Crippen molar-refractivity contribution in [3.05, 3.63) is 28.7 Å². The summed E-state index contributed by atoms with van der Waals surface area (Å²) in [5.41, 5.74) is 0. The van der Waals surface area contributed by atoms with Gasteiger partial charge in [0.15, 0.2) is 0 Å². The molecular weight excluding hydrogens is 314 g/mol. The minimum absolute atomic E-state index is 0.0763. The number of halogens is 1. The zero-order chi connectivity index (χ0) is 13.2. The fourth-order valence-corrected chi connectivity index (χ4v) is 4.02. The van der Waals surface area contributed by atoms with Crippen LogP contribution < -0.4 is 4.72 Å². The summed E-state index contributed by atoms with van der Waals surface area (Å²) in [7, 11) is -3.38. The highest BCUT2D eigenvalue weighted by Gasteiger charge is 2.26. The predicted molar refractivity (Wildman–Crippen MR) is 75.9 cm³/mol. The zero-order valence-corrected chi connectivity index (χ0v) is 12.8. The maximum Gasteiger partial charge on any atom is 0.240 e. The van der Waals surface area contributed by atoms with Crippen LogP contribution in [-0.2, 0) is 10.0 Å². The molecule has 0 spiro atoms. The number of hydrogen-bond acceptors (Lipinski definition) is 2. The molecule has 100 valence electrons. The van der Waals surface area contributed by atoms with Gasteiger partial charge in [-0.15, -0.1) is 0 Å². The monoisotopic (exact) mass is 331 g/mol. The van der Waals surface area contributed by atoms with Gasteiger partial charge < -0.3 is 0 Å². The average molecular weight is 332 g/mol. The van der Waals surface area contributed by atoms with Crippen LogP contribution in [0.5, 0.6) is 0 Å². The largest absolute Gasteiger partial charge is 0.240 e. The zero-order valence-electron chi connectivity index (χ0n) is 10.4. The van der Waals surface area contributed by atoms with E-state index in [9.17, 15) is 8.42 Å². The van der Waals surface area contributed by atoms with E-state index in [4.69, 9.17) is 0 Å². The van der Waals surface area contributed by atoms with Gasteiger partial charge in [0.1, 0.15) is 0 Å². The summed E-state index contributed by atoms with van der Waals surface area (Å²) in [5.74, 6) is 0.420. The Morgan fingerprint density at radius 1 is 1.17 bits per heavy atom. The van der Waals surface area contributed by atoms with Gasteiger partial charge >= 0.3 is 0 Å². The van der Waals surface area contributed by atoms with Crippen molar-refractivity contribution in [3.8, 4) is 0 Å². The molecule has 1 aliphatic rings. The van der Waals surface area contributed by atoms with E-state index in [-0.39, 0.29) is 6.04 Å². The molecule has 0 saturated heterocycles. The molecular formula is C13H18BrNO2S. The van der Waals surface area contributed by atoms with Crippen LogP contribution in [0.15, 0.2) is 33.6 Å². The van der Waals surface area contributed by atoms with E-state index in [1.807, 2.05) is 0 Å². The molecule has 0 aliphatic heterocycles. The Labute approximate surface area is 117 Å². The van der Waals surface area contributed by atoms with Crippen LogP contribution in [0.1, 0.15) is 32.6 Å².